The fourth-order valence-electron chi connectivity index (χ4n) is 3.86. The molecule has 8 nitrogen and oxygen atoms in total. The number of nitrogens with one attached hydrogen (secondary N) is 1. The van der Waals surface area contributed by atoms with Gasteiger partial charge in [0.2, 0.25) is 0 Å². The zero-order chi connectivity index (χ0) is 24.6. The normalized spacial score (nSPS) is 15.0. The van der Waals surface area contributed by atoms with Crippen LogP contribution >= 0.6 is 0 Å². The van der Waals surface area contributed by atoms with Crippen LogP contribution in [0.15, 0.2) is 60.2 Å². The third-order valence-electron chi connectivity index (χ3n) is 5.48. The van der Waals surface area contributed by atoms with E-state index in [1.165, 1.54) is 25.3 Å². The van der Waals surface area contributed by atoms with Gasteiger partial charge in [-0.1, -0.05) is 6.07 Å². The molecule has 1 saturated heterocycles. The molecule has 1 fully saturated rings. The summed E-state index contributed by atoms with van der Waals surface area (Å²) >= 11 is 0. The number of urea groups is 1. The number of imide groups is 2. The van der Waals surface area contributed by atoms with Gasteiger partial charge in [0.1, 0.15) is 11.4 Å². The molecule has 0 spiro atoms. The molecule has 0 unspecified atom stereocenters. The molecule has 1 aromatic heterocycles. The molecule has 4 amide bonds. The molecule has 3 aromatic rings. The number of carbonyl (C=O) groups excluding carboxylic acids is 4. The van der Waals surface area contributed by atoms with Crippen molar-refractivity contribution in [1.29, 1.82) is 0 Å². The number of nitrogens with zero attached hydrogens (tertiary/aromatic N) is 2. The van der Waals surface area contributed by atoms with Crippen LogP contribution in [0, 0.1) is 19.7 Å². The highest BCUT2D eigenvalue weighted by Gasteiger charge is 2.37. The predicted molar refractivity (Wildman–Crippen MR) is 122 cm³/mol. The average molecular weight is 461 g/mol. The second kappa shape index (κ2) is 8.78. The van der Waals surface area contributed by atoms with Gasteiger partial charge in [-0.05, 0) is 74.0 Å². The van der Waals surface area contributed by atoms with Crippen molar-refractivity contribution >= 4 is 35.6 Å². The Bertz CT molecular complexity index is 1370. The number of halogens is 1. The van der Waals surface area contributed by atoms with Gasteiger partial charge in [-0.2, -0.15) is 0 Å². The number of benzene rings is 2. The summed E-state index contributed by atoms with van der Waals surface area (Å²) in [6, 6.07) is 12.5. The monoisotopic (exact) mass is 461 g/mol. The van der Waals surface area contributed by atoms with E-state index in [1.807, 2.05) is 17.6 Å². The van der Waals surface area contributed by atoms with Crippen LogP contribution in [0.4, 0.5) is 14.9 Å². The number of aryl methyl sites for hydroxylation is 1. The standard InChI is InChI=1S/C25H20FN3O5/c1-14-11-17(15(2)28(14)20-6-4-5-16(12-20)24(32)34-3)13-21-22(30)27-25(33)29(23(21)31)19-9-7-18(26)8-10-19/h4-13H,1-3H3,(H,27,30,33). The molecular weight excluding hydrogens is 441 g/mol. The van der Waals surface area contributed by atoms with E-state index in [0.29, 0.717) is 22.5 Å². The largest absolute Gasteiger partial charge is 0.465 e. The Kier molecular flexibility index (Phi) is 5.85. The molecule has 0 aliphatic carbocycles. The Hall–Kier alpha value is -4.53. The average Bonchev–Trinajstić information content (AvgIpc) is 3.09. The van der Waals surface area contributed by atoms with Gasteiger partial charge in [0.25, 0.3) is 11.8 Å². The summed E-state index contributed by atoms with van der Waals surface area (Å²) in [4.78, 5) is 50.6. The number of rotatable bonds is 4. The Balaban J connectivity index is 1.75. The van der Waals surface area contributed by atoms with E-state index in [4.69, 9.17) is 4.74 Å². The van der Waals surface area contributed by atoms with E-state index in [9.17, 15) is 23.6 Å². The first-order valence-corrected chi connectivity index (χ1v) is 10.3. The zero-order valence-corrected chi connectivity index (χ0v) is 18.6. The smallest absolute Gasteiger partial charge is 0.337 e. The van der Waals surface area contributed by atoms with Gasteiger partial charge in [-0.25, -0.2) is 18.9 Å². The zero-order valence-electron chi connectivity index (χ0n) is 18.6. The van der Waals surface area contributed by atoms with E-state index in [-0.39, 0.29) is 11.3 Å². The number of hydrogen-bond acceptors (Lipinski definition) is 5. The second-order valence-electron chi connectivity index (χ2n) is 7.64. The minimum Gasteiger partial charge on any atom is -0.465 e. The molecule has 1 aliphatic heterocycles. The van der Waals surface area contributed by atoms with Gasteiger partial charge in [0.05, 0.1) is 18.4 Å². The van der Waals surface area contributed by atoms with Crippen LogP contribution in [0.25, 0.3) is 11.8 Å². The number of ether oxygens (including phenoxy) is 1. The Morgan fingerprint density at radius 3 is 2.38 bits per heavy atom. The molecule has 0 saturated carbocycles. The van der Waals surface area contributed by atoms with E-state index in [0.717, 1.165) is 22.7 Å². The fourth-order valence-corrected chi connectivity index (χ4v) is 3.86. The second-order valence-corrected chi connectivity index (χ2v) is 7.64. The fraction of sp³-hybridized carbons (Fsp3) is 0.120. The van der Waals surface area contributed by atoms with Gasteiger partial charge < -0.3 is 9.30 Å². The molecule has 4 rings (SSSR count). The third-order valence-corrected chi connectivity index (χ3v) is 5.48. The number of esters is 1. The minimum absolute atomic E-state index is 0.132. The highest BCUT2D eigenvalue weighted by atomic mass is 19.1. The summed E-state index contributed by atoms with van der Waals surface area (Å²) in [7, 11) is 1.30. The molecule has 2 aromatic carbocycles. The lowest BCUT2D eigenvalue weighted by molar-refractivity contribution is -0.122. The Labute approximate surface area is 194 Å². The topological polar surface area (TPSA) is 97.7 Å². The van der Waals surface area contributed by atoms with Gasteiger partial charge in [-0.15, -0.1) is 0 Å². The van der Waals surface area contributed by atoms with E-state index in [2.05, 4.69) is 5.32 Å². The van der Waals surface area contributed by atoms with Crippen LogP contribution in [0.1, 0.15) is 27.3 Å². The quantitative estimate of drug-likeness (QED) is 0.363. The van der Waals surface area contributed by atoms with Gasteiger partial charge in [-0.3, -0.25) is 14.9 Å². The Morgan fingerprint density at radius 1 is 1.00 bits per heavy atom. The van der Waals surface area contributed by atoms with Crippen molar-refractivity contribution in [2.45, 2.75) is 13.8 Å². The molecule has 1 aliphatic rings. The number of aromatic nitrogens is 1. The lowest BCUT2D eigenvalue weighted by Gasteiger charge is -2.26. The van der Waals surface area contributed by atoms with Crippen molar-refractivity contribution in [3.05, 3.63) is 88.5 Å². The SMILES string of the molecule is COC(=O)c1cccc(-n2c(C)cc(C=C3C(=O)NC(=O)N(c4ccc(F)cc4)C3=O)c2C)c1. The van der Waals surface area contributed by atoms with E-state index < -0.39 is 29.6 Å². The maximum absolute atomic E-state index is 13.3. The van der Waals surface area contributed by atoms with Gasteiger partial charge >= 0.3 is 12.0 Å². The van der Waals surface area contributed by atoms with Gasteiger partial charge in [0, 0.05) is 17.1 Å². The van der Waals surface area contributed by atoms with Crippen LogP contribution in [0.2, 0.25) is 0 Å². The molecular formula is C25H20FN3O5. The van der Waals surface area contributed by atoms with Crippen molar-refractivity contribution < 1.29 is 28.3 Å². The molecule has 34 heavy (non-hydrogen) atoms. The molecule has 9 heteroatoms. The number of amides is 4. The van der Waals surface area contributed by atoms with Crippen molar-refractivity contribution in [3.63, 3.8) is 0 Å². The highest BCUT2D eigenvalue weighted by Crippen LogP contribution is 2.26. The van der Waals surface area contributed by atoms with Crippen LogP contribution < -0.4 is 10.2 Å². The van der Waals surface area contributed by atoms with Crippen molar-refractivity contribution in [3.8, 4) is 5.69 Å². The van der Waals surface area contributed by atoms with Crippen molar-refractivity contribution in [1.82, 2.24) is 9.88 Å². The van der Waals surface area contributed by atoms with Crippen LogP contribution in [0.5, 0.6) is 0 Å². The Morgan fingerprint density at radius 2 is 1.71 bits per heavy atom. The minimum atomic E-state index is -0.913. The van der Waals surface area contributed by atoms with Crippen LogP contribution in [0.3, 0.4) is 0 Å². The van der Waals surface area contributed by atoms with E-state index >= 15 is 0 Å². The third kappa shape index (κ3) is 3.99. The molecule has 1 N–H and O–H groups in total. The van der Waals surface area contributed by atoms with Crippen LogP contribution in [-0.2, 0) is 14.3 Å². The number of barbiturate groups is 1. The maximum atomic E-state index is 13.3. The molecule has 172 valence electrons. The summed E-state index contributed by atoms with van der Waals surface area (Å²) in [6.45, 7) is 3.65. The number of hydrogen-bond donors (Lipinski definition) is 1. The molecule has 2 heterocycles. The van der Waals surface area contributed by atoms with Gasteiger partial charge in [0.15, 0.2) is 0 Å². The summed E-state index contributed by atoms with van der Waals surface area (Å²) in [5.74, 6) is -2.64. The highest BCUT2D eigenvalue weighted by molar-refractivity contribution is 6.39. The lowest BCUT2D eigenvalue weighted by Crippen LogP contribution is -2.54. The van der Waals surface area contributed by atoms with Crippen molar-refractivity contribution in [2.75, 3.05) is 12.0 Å². The summed E-state index contributed by atoms with van der Waals surface area (Å²) in [5, 5.41) is 2.15. The first kappa shape index (κ1) is 22.7. The summed E-state index contributed by atoms with van der Waals surface area (Å²) < 4.78 is 19.9. The number of methoxy groups -OCH3 is 1. The van der Waals surface area contributed by atoms with Crippen molar-refractivity contribution in [2.24, 2.45) is 0 Å². The first-order chi connectivity index (χ1) is 16.2. The molecule has 0 radical (unpaired) electrons. The summed E-state index contributed by atoms with van der Waals surface area (Å²) in [6.07, 6.45) is 1.41. The number of carbonyl (C=O) groups is 4. The van der Waals surface area contributed by atoms with Crippen LogP contribution in [-0.4, -0.2) is 35.5 Å². The summed E-state index contributed by atoms with van der Waals surface area (Å²) in [5.41, 5.74) is 3.04. The number of anilines is 1. The van der Waals surface area contributed by atoms with E-state index in [1.54, 1.807) is 31.2 Å². The molecule has 0 bridgehead atoms. The molecule has 0 atom stereocenters. The predicted octanol–water partition coefficient (Wildman–Crippen LogP) is 3.69. The first-order valence-electron chi connectivity index (χ1n) is 10.3. The lowest BCUT2D eigenvalue weighted by atomic mass is 10.1. The maximum Gasteiger partial charge on any atom is 0.337 e.